The molecule has 0 radical (unpaired) electrons. The molecule has 2 aromatic rings. The molecule has 2 rings (SSSR count). The summed E-state index contributed by atoms with van der Waals surface area (Å²) >= 11 is 0. The summed E-state index contributed by atoms with van der Waals surface area (Å²) in [5.74, 6) is 1.28. The molecule has 0 aliphatic heterocycles. The Morgan fingerprint density at radius 2 is 1.52 bits per heavy atom. The maximum Gasteiger partial charge on any atom is 0.412 e. The molecule has 0 saturated heterocycles. The second-order valence-electron chi connectivity index (χ2n) is 5.49. The van der Waals surface area contributed by atoms with Gasteiger partial charge in [-0.05, 0) is 38.1 Å². The molecule has 0 aromatic heterocycles. The molecular weight excluding hydrogens is 294 g/mol. The molecule has 0 aliphatic rings. The predicted octanol–water partition coefficient (Wildman–Crippen LogP) is 4.19. The van der Waals surface area contributed by atoms with Crippen LogP contribution in [-0.2, 0) is 10.3 Å². The smallest absolute Gasteiger partial charge is 0.412 e. The lowest BCUT2D eigenvalue weighted by atomic mass is 9.97. The van der Waals surface area contributed by atoms with Crippen molar-refractivity contribution in [2.45, 2.75) is 19.4 Å². The molecule has 23 heavy (non-hydrogen) atoms. The van der Waals surface area contributed by atoms with Crippen molar-refractivity contribution in [1.82, 2.24) is 0 Å². The fourth-order valence-electron chi connectivity index (χ4n) is 2.11. The van der Waals surface area contributed by atoms with Crippen LogP contribution in [0.2, 0.25) is 0 Å². The van der Waals surface area contributed by atoms with Crippen LogP contribution in [-0.4, -0.2) is 20.3 Å². The van der Waals surface area contributed by atoms with Crippen molar-refractivity contribution in [3.63, 3.8) is 0 Å². The zero-order valence-corrected chi connectivity index (χ0v) is 13.8. The predicted molar refractivity (Wildman–Crippen MR) is 89.1 cm³/mol. The Balaban J connectivity index is 2.16. The highest BCUT2D eigenvalue weighted by atomic mass is 16.6. The van der Waals surface area contributed by atoms with Gasteiger partial charge in [0, 0.05) is 17.3 Å². The zero-order valence-electron chi connectivity index (χ0n) is 13.8. The number of anilines is 1. The van der Waals surface area contributed by atoms with Gasteiger partial charge in [0.1, 0.15) is 17.1 Å². The van der Waals surface area contributed by atoms with E-state index in [1.54, 1.807) is 32.4 Å². The van der Waals surface area contributed by atoms with Crippen LogP contribution in [0, 0.1) is 0 Å². The summed E-state index contributed by atoms with van der Waals surface area (Å²) < 4.78 is 16.1. The molecule has 2 aromatic carbocycles. The number of benzene rings is 2. The third kappa shape index (κ3) is 4.39. The molecule has 0 atom stereocenters. The van der Waals surface area contributed by atoms with Gasteiger partial charge in [-0.15, -0.1) is 0 Å². The number of carbonyl (C=O) groups is 1. The summed E-state index contributed by atoms with van der Waals surface area (Å²) in [7, 11) is 3.16. The molecule has 0 unspecified atom stereocenters. The van der Waals surface area contributed by atoms with E-state index in [4.69, 9.17) is 14.2 Å². The summed E-state index contributed by atoms with van der Waals surface area (Å²) in [5.41, 5.74) is 0.606. The first-order valence-corrected chi connectivity index (χ1v) is 7.23. The maximum atomic E-state index is 12.1. The Labute approximate surface area is 136 Å². The lowest BCUT2D eigenvalue weighted by Gasteiger charge is -2.26. The summed E-state index contributed by atoms with van der Waals surface area (Å²) in [6, 6.07) is 14.6. The van der Waals surface area contributed by atoms with Gasteiger partial charge in [-0.2, -0.15) is 0 Å². The van der Waals surface area contributed by atoms with Crippen molar-refractivity contribution in [1.29, 1.82) is 0 Å². The number of hydrogen-bond acceptors (Lipinski definition) is 4. The topological polar surface area (TPSA) is 56.8 Å². The largest absolute Gasteiger partial charge is 0.497 e. The number of nitrogens with one attached hydrogen (secondary N) is 1. The van der Waals surface area contributed by atoms with E-state index in [1.807, 2.05) is 44.2 Å². The third-order valence-electron chi connectivity index (χ3n) is 3.41. The number of hydrogen-bond donors (Lipinski definition) is 1. The first kappa shape index (κ1) is 16.7. The van der Waals surface area contributed by atoms with Crippen LogP contribution in [0.25, 0.3) is 0 Å². The lowest BCUT2D eigenvalue weighted by Crippen LogP contribution is -2.28. The van der Waals surface area contributed by atoms with E-state index in [0.717, 1.165) is 5.56 Å². The van der Waals surface area contributed by atoms with E-state index < -0.39 is 11.7 Å². The van der Waals surface area contributed by atoms with Gasteiger partial charge in [0.2, 0.25) is 0 Å². The van der Waals surface area contributed by atoms with Crippen molar-refractivity contribution >= 4 is 11.8 Å². The monoisotopic (exact) mass is 315 g/mol. The van der Waals surface area contributed by atoms with Crippen LogP contribution < -0.4 is 14.8 Å². The molecule has 0 heterocycles. The van der Waals surface area contributed by atoms with Gasteiger partial charge in [-0.3, -0.25) is 5.32 Å². The van der Waals surface area contributed by atoms with Gasteiger partial charge < -0.3 is 14.2 Å². The highest BCUT2D eigenvalue weighted by molar-refractivity contribution is 5.84. The van der Waals surface area contributed by atoms with Crippen molar-refractivity contribution in [3.05, 3.63) is 54.1 Å². The van der Waals surface area contributed by atoms with Crippen molar-refractivity contribution in [2.24, 2.45) is 0 Å². The normalized spacial score (nSPS) is 10.8. The molecule has 5 heteroatoms. The van der Waals surface area contributed by atoms with E-state index in [-0.39, 0.29) is 0 Å². The number of methoxy groups -OCH3 is 2. The molecule has 0 saturated carbocycles. The van der Waals surface area contributed by atoms with Crippen LogP contribution >= 0.6 is 0 Å². The first-order valence-electron chi connectivity index (χ1n) is 7.23. The van der Waals surface area contributed by atoms with Crippen LogP contribution in [0.5, 0.6) is 11.5 Å². The van der Waals surface area contributed by atoms with Crippen molar-refractivity contribution in [3.8, 4) is 11.5 Å². The van der Waals surface area contributed by atoms with Crippen LogP contribution in [0.1, 0.15) is 19.4 Å². The Morgan fingerprint density at radius 1 is 0.957 bits per heavy atom. The van der Waals surface area contributed by atoms with Crippen LogP contribution in [0.4, 0.5) is 10.5 Å². The average molecular weight is 315 g/mol. The molecular formula is C18H21NO4. The van der Waals surface area contributed by atoms with Gasteiger partial charge in [-0.1, -0.05) is 18.2 Å². The summed E-state index contributed by atoms with van der Waals surface area (Å²) in [4.78, 5) is 12.1. The van der Waals surface area contributed by atoms with Crippen molar-refractivity contribution < 1.29 is 19.0 Å². The van der Waals surface area contributed by atoms with E-state index in [9.17, 15) is 4.79 Å². The van der Waals surface area contributed by atoms with E-state index in [1.165, 1.54) is 0 Å². The molecule has 1 amide bonds. The van der Waals surface area contributed by atoms with Crippen molar-refractivity contribution in [2.75, 3.05) is 19.5 Å². The van der Waals surface area contributed by atoms with E-state index in [0.29, 0.717) is 17.2 Å². The minimum Gasteiger partial charge on any atom is -0.497 e. The fraction of sp³-hybridized carbons (Fsp3) is 0.278. The summed E-state index contributed by atoms with van der Waals surface area (Å²) in [6.07, 6.45) is -0.525. The van der Waals surface area contributed by atoms with Gasteiger partial charge in [-0.25, -0.2) is 4.79 Å². The van der Waals surface area contributed by atoms with E-state index in [2.05, 4.69) is 5.32 Å². The third-order valence-corrected chi connectivity index (χ3v) is 3.41. The van der Waals surface area contributed by atoms with Gasteiger partial charge in [0.25, 0.3) is 0 Å². The average Bonchev–Trinajstić information content (AvgIpc) is 2.54. The number of rotatable bonds is 5. The van der Waals surface area contributed by atoms with Gasteiger partial charge in [0.15, 0.2) is 0 Å². The number of ether oxygens (including phenoxy) is 3. The zero-order chi connectivity index (χ0) is 16.9. The van der Waals surface area contributed by atoms with Crippen LogP contribution in [0.15, 0.2) is 48.5 Å². The number of para-hydroxylation sites is 1. The molecule has 0 bridgehead atoms. The molecule has 122 valence electrons. The quantitative estimate of drug-likeness (QED) is 0.899. The van der Waals surface area contributed by atoms with Crippen LogP contribution in [0.3, 0.4) is 0 Å². The fourth-order valence-corrected chi connectivity index (χ4v) is 2.11. The Hall–Kier alpha value is -2.69. The van der Waals surface area contributed by atoms with Gasteiger partial charge >= 0.3 is 6.09 Å². The lowest BCUT2D eigenvalue weighted by molar-refractivity contribution is 0.0463. The minimum atomic E-state index is -0.847. The highest BCUT2D eigenvalue weighted by Crippen LogP contribution is 2.32. The first-order chi connectivity index (χ1) is 10.9. The van der Waals surface area contributed by atoms with E-state index >= 15 is 0 Å². The molecule has 0 aliphatic carbocycles. The standard InChI is InChI=1S/C18H21NO4/c1-18(2,13-10-15(21-3)12-16(11-13)22-4)23-17(20)19-14-8-6-5-7-9-14/h5-12H,1-4H3,(H,19,20). The molecule has 5 nitrogen and oxygen atoms in total. The Bertz CT molecular complexity index is 646. The highest BCUT2D eigenvalue weighted by Gasteiger charge is 2.27. The Kier molecular flexibility index (Phi) is 5.11. The molecule has 0 fully saturated rings. The molecule has 1 N–H and O–H groups in total. The number of amides is 1. The minimum absolute atomic E-state index is 0.525. The second-order valence-corrected chi connectivity index (χ2v) is 5.49. The SMILES string of the molecule is COc1cc(OC)cc(C(C)(C)OC(=O)Nc2ccccc2)c1. The van der Waals surface area contributed by atoms with Gasteiger partial charge in [0.05, 0.1) is 14.2 Å². The maximum absolute atomic E-state index is 12.1. The number of carbonyl (C=O) groups excluding carboxylic acids is 1. The molecule has 0 spiro atoms. The second kappa shape index (κ2) is 7.05. The summed E-state index contributed by atoms with van der Waals surface area (Å²) in [5, 5.41) is 2.70. The summed E-state index contributed by atoms with van der Waals surface area (Å²) in [6.45, 7) is 3.62. The Morgan fingerprint density at radius 3 is 2.04 bits per heavy atom.